The predicted molar refractivity (Wildman–Crippen MR) is 74.5 cm³/mol. The molecule has 0 radical (unpaired) electrons. The number of aromatic nitrogens is 2. The molecule has 0 spiro atoms. The van der Waals surface area contributed by atoms with Gasteiger partial charge in [-0.2, -0.15) is 5.10 Å². The average molecular weight is 306 g/mol. The van der Waals surface area contributed by atoms with Crippen LogP contribution in [0.5, 0.6) is 0 Å². The van der Waals surface area contributed by atoms with Crippen molar-refractivity contribution < 1.29 is 4.42 Å². The number of benzene rings is 1. The largest absolute Gasteiger partial charge is 0.452 e. The van der Waals surface area contributed by atoms with Gasteiger partial charge in [-0.1, -0.05) is 12.1 Å². The number of anilines is 1. The Bertz CT molecular complexity index is 673. The summed E-state index contributed by atoms with van der Waals surface area (Å²) in [5.41, 5.74) is 2.03. The standard InChI is InChI=1S/C13H12BrN3O/c1-8(11-5-6-12(14)18-11)16-10-4-2-3-9-7-15-17-13(9)10/h2-8,16H,1H3,(H,15,17). The number of nitrogens with one attached hydrogen (secondary N) is 2. The first kappa shape index (κ1) is 11.3. The fourth-order valence-corrected chi connectivity index (χ4v) is 2.27. The van der Waals surface area contributed by atoms with Gasteiger partial charge in [-0.3, -0.25) is 5.10 Å². The molecule has 0 fully saturated rings. The fourth-order valence-electron chi connectivity index (χ4n) is 1.95. The van der Waals surface area contributed by atoms with Gasteiger partial charge in [0.25, 0.3) is 0 Å². The first-order valence-corrected chi connectivity index (χ1v) is 6.47. The van der Waals surface area contributed by atoms with Crippen LogP contribution in [0, 0.1) is 0 Å². The number of para-hydroxylation sites is 1. The Morgan fingerprint density at radius 3 is 3.00 bits per heavy atom. The summed E-state index contributed by atoms with van der Waals surface area (Å²) in [6.07, 6.45) is 1.81. The van der Waals surface area contributed by atoms with Gasteiger partial charge in [0.15, 0.2) is 4.67 Å². The van der Waals surface area contributed by atoms with Crippen LogP contribution in [-0.4, -0.2) is 10.2 Å². The summed E-state index contributed by atoms with van der Waals surface area (Å²) in [5.74, 6) is 0.887. The first-order valence-electron chi connectivity index (χ1n) is 5.68. The number of rotatable bonds is 3. The van der Waals surface area contributed by atoms with Gasteiger partial charge in [0.1, 0.15) is 5.76 Å². The highest BCUT2D eigenvalue weighted by molar-refractivity contribution is 9.10. The van der Waals surface area contributed by atoms with Crippen LogP contribution in [0.15, 0.2) is 45.6 Å². The lowest BCUT2D eigenvalue weighted by atomic mass is 10.2. The average Bonchev–Trinajstić information content (AvgIpc) is 2.97. The molecule has 1 atom stereocenters. The number of aromatic amines is 1. The Hall–Kier alpha value is -1.75. The van der Waals surface area contributed by atoms with Crippen molar-refractivity contribution in [3.8, 4) is 0 Å². The van der Waals surface area contributed by atoms with E-state index in [1.807, 2.05) is 36.5 Å². The number of fused-ring (bicyclic) bond motifs is 1. The molecule has 1 unspecified atom stereocenters. The van der Waals surface area contributed by atoms with Crippen molar-refractivity contribution in [2.75, 3.05) is 5.32 Å². The van der Waals surface area contributed by atoms with Crippen molar-refractivity contribution in [1.29, 1.82) is 0 Å². The van der Waals surface area contributed by atoms with Gasteiger partial charge in [0.05, 0.1) is 23.4 Å². The lowest BCUT2D eigenvalue weighted by molar-refractivity contribution is 0.471. The van der Waals surface area contributed by atoms with Crippen LogP contribution in [0.25, 0.3) is 10.9 Å². The second-order valence-electron chi connectivity index (χ2n) is 4.15. The molecule has 0 aliphatic carbocycles. The maximum atomic E-state index is 5.54. The zero-order valence-electron chi connectivity index (χ0n) is 9.77. The van der Waals surface area contributed by atoms with Crippen LogP contribution in [0.3, 0.4) is 0 Å². The molecule has 0 aliphatic heterocycles. The summed E-state index contributed by atoms with van der Waals surface area (Å²) in [6.45, 7) is 2.06. The van der Waals surface area contributed by atoms with Crippen LogP contribution in [-0.2, 0) is 0 Å². The maximum absolute atomic E-state index is 5.54. The molecular formula is C13H12BrN3O. The minimum Gasteiger partial charge on any atom is -0.452 e. The molecule has 92 valence electrons. The third-order valence-corrected chi connectivity index (χ3v) is 3.30. The van der Waals surface area contributed by atoms with Gasteiger partial charge in [-0.05, 0) is 41.1 Å². The Morgan fingerprint density at radius 1 is 1.33 bits per heavy atom. The summed E-state index contributed by atoms with van der Waals surface area (Å²) in [6, 6.07) is 9.99. The lowest BCUT2D eigenvalue weighted by Gasteiger charge is -2.13. The molecule has 0 bridgehead atoms. The summed E-state index contributed by atoms with van der Waals surface area (Å²) in [5, 5.41) is 11.6. The van der Waals surface area contributed by atoms with E-state index in [2.05, 4.69) is 38.4 Å². The van der Waals surface area contributed by atoms with Gasteiger partial charge in [0, 0.05) is 5.39 Å². The van der Waals surface area contributed by atoms with Crippen LogP contribution in [0.1, 0.15) is 18.7 Å². The molecule has 0 saturated heterocycles. The first-order chi connectivity index (χ1) is 8.74. The van der Waals surface area contributed by atoms with E-state index in [1.165, 1.54) is 0 Å². The third-order valence-electron chi connectivity index (χ3n) is 2.87. The van der Waals surface area contributed by atoms with Gasteiger partial charge in [-0.15, -0.1) is 0 Å². The van der Waals surface area contributed by atoms with E-state index >= 15 is 0 Å². The molecular weight excluding hydrogens is 294 g/mol. The van der Waals surface area contributed by atoms with Crippen molar-refractivity contribution in [2.24, 2.45) is 0 Å². The van der Waals surface area contributed by atoms with Crippen molar-refractivity contribution in [2.45, 2.75) is 13.0 Å². The number of furan rings is 1. The molecule has 3 aromatic rings. The molecule has 2 heterocycles. The topological polar surface area (TPSA) is 53.9 Å². The van der Waals surface area contributed by atoms with E-state index in [9.17, 15) is 0 Å². The minimum atomic E-state index is 0.0881. The summed E-state index contributed by atoms with van der Waals surface area (Å²) < 4.78 is 6.28. The smallest absolute Gasteiger partial charge is 0.169 e. The van der Waals surface area contributed by atoms with Crippen LogP contribution in [0.4, 0.5) is 5.69 Å². The molecule has 2 aromatic heterocycles. The molecule has 0 aliphatic rings. The summed E-state index contributed by atoms with van der Waals surface area (Å²) in [7, 11) is 0. The number of halogens is 1. The van der Waals surface area contributed by atoms with E-state index in [4.69, 9.17) is 4.42 Å². The number of H-pyrrole nitrogens is 1. The van der Waals surface area contributed by atoms with Crippen LogP contribution >= 0.6 is 15.9 Å². The maximum Gasteiger partial charge on any atom is 0.169 e. The normalized spacial score (nSPS) is 12.8. The molecule has 0 saturated carbocycles. The van der Waals surface area contributed by atoms with E-state index in [-0.39, 0.29) is 6.04 Å². The van der Waals surface area contributed by atoms with E-state index < -0.39 is 0 Å². The minimum absolute atomic E-state index is 0.0881. The highest BCUT2D eigenvalue weighted by Crippen LogP contribution is 2.27. The molecule has 4 nitrogen and oxygen atoms in total. The van der Waals surface area contributed by atoms with E-state index in [0.717, 1.165) is 27.0 Å². The second-order valence-corrected chi connectivity index (χ2v) is 4.93. The van der Waals surface area contributed by atoms with Gasteiger partial charge in [-0.25, -0.2) is 0 Å². The monoisotopic (exact) mass is 305 g/mol. The Morgan fingerprint density at radius 2 is 2.22 bits per heavy atom. The van der Waals surface area contributed by atoms with Crippen molar-refractivity contribution in [3.63, 3.8) is 0 Å². The van der Waals surface area contributed by atoms with Gasteiger partial charge >= 0.3 is 0 Å². The highest BCUT2D eigenvalue weighted by atomic mass is 79.9. The summed E-state index contributed by atoms with van der Waals surface area (Å²) in [4.78, 5) is 0. The third kappa shape index (κ3) is 2.01. The molecule has 0 amide bonds. The number of nitrogens with zero attached hydrogens (tertiary/aromatic N) is 1. The predicted octanol–water partition coefficient (Wildman–Crippen LogP) is 4.09. The summed E-state index contributed by atoms with van der Waals surface area (Å²) >= 11 is 3.31. The van der Waals surface area contributed by atoms with Gasteiger partial charge in [0.2, 0.25) is 0 Å². The molecule has 1 aromatic carbocycles. The van der Waals surface area contributed by atoms with Crippen molar-refractivity contribution >= 4 is 32.5 Å². The SMILES string of the molecule is CC(Nc1cccc2cn[nH]c12)c1ccc(Br)o1. The molecule has 18 heavy (non-hydrogen) atoms. The number of hydrogen-bond donors (Lipinski definition) is 2. The lowest BCUT2D eigenvalue weighted by Crippen LogP contribution is -2.05. The number of hydrogen-bond acceptors (Lipinski definition) is 3. The highest BCUT2D eigenvalue weighted by Gasteiger charge is 2.11. The Kier molecular flexibility index (Phi) is 2.83. The Labute approximate surface area is 113 Å². The van der Waals surface area contributed by atoms with Crippen molar-refractivity contribution in [3.05, 3.63) is 47.0 Å². The quantitative estimate of drug-likeness (QED) is 0.766. The molecule has 3 rings (SSSR count). The second kappa shape index (κ2) is 4.49. The van der Waals surface area contributed by atoms with Gasteiger partial charge < -0.3 is 9.73 Å². The van der Waals surface area contributed by atoms with Crippen LogP contribution < -0.4 is 5.32 Å². The zero-order chi connectivity index (χ0) is 12.5. The zero-order valence-corrected chi connectivity index (χ0v) is 11.4. The molecule has 5 heteroatoms. The van der Waals surface area contributed by atoms with Crippen molar-refractivity contribution in [1.82, 2.24) is 10.2 Å². The van der Waals surface area contributed by atoms with Crippen LogP contribution in [0.2, 0.25) is 0 Å². The van der Waals surface area contributed by atoms with E-state index in [1.54, 1.807) is 0 Å². The Balaban J connectivity index is 1.90. The van der Waals surface area contributed by atoms with E-state index in [0.29, 0.717) is 0 Å². The molecule has 2 N–H and O–H groups in total. The fraction of sp³-hybridized carbons (Fsp3) is 0.154.